The van der Waals surface area contributed by atoms with Crippen molar-refractivity contribution >= 4 is 23.3 Å². The van der Waals surface area contributed by atoms with Gasteiger partial charge >= 0.3 is 0 Å². The van der Waals surface area contributed by atoms with Crippen LogP contribution in [0.1, 0.15) is 31.2 Å². The van der Waals surface area contributed by atoms with Gasteiger partial charge in [-0.3, -0.25) is 4.79 Å². The lowest BCUT2D eigenvalue weighted by molar-refractivity contribution is -0.133. The average molecular weight is 319 g/mol. The van der Waals surface area contributed by atoms with Crippen molar-refractivity contribution in [3.63, 3.8) is 0 Å². The van der Waals surface area contributed by atoms with Crippen LogP contribution in [0.5, 0.6) is 0 Å². The van der Waals surface area contributed by atoms with Crippen molar-refractivity contribution in [1.82, 2.24) is 9.88 Å². The van der Waals surface area contributed by atoms with Gasteiger partial charge in [0, 0.05) is 38.3 Å². The molecule has 3 rings (SSSR count). The highest BCUT2D eigenvalue weighted by atomic mass is 35.5. The number of anilines is 1. The zero-order chi connectivity index (χ0) is 15.7. The topological polar surface area (TPSA) is 60.2 Å². The number of nitrogens with zero attached hydrogens (tertiary/aromatic N) is 4. The smallest absolute Gasteiger partial charge is 0.225 e. The first-order valence-corrected chi connectivity index (χ1v) is 8.05. The number of likely N-dealkylation sites (N-methyl/N-ethyl adjacent to an activating group) is 1. The first kappa shape index (κ1) is 15.1. The van der Waals surface area contributed by atoms with E-state index in [1.54, 1.807) is 12.3 Å². The van der Waals surface area contributed by atoms with Gasteiger partial charge in [-0.15, -0.1) is 0 Å². The number of pyridine rings is 1. The molecule has 116 valence electrons. The molecule has 0 spiro atoms. The maximum atomic E-state index is 12.2. The van der Waals surface area contributed by atoms with Crippen LogP contribution in [-0.2, 0) is 4.79 Å². The number of piperidine rings is 1. The van der Waals surface area contributed by atoms with E-state index in [9.17, 15) is 4.79 Å². The van der Waals surface area contributed by atoms with Gasteiger partial charge in [0.2, 0.25) is 5.91 Å². The molecule has 1 aliphatic heterocycles. The minimum atomic E-state index is 0.204. The van der Waals surface area contributed by atoms with Crippen LogP contribution in [0.3, 0.4) is 0 Å². The van der Waals surface area contributed by atoms with E-state index in [-0.39, 0.29) is 17.9 Å². The van der Waals surface area contributed by atoms with Crippen molar-refractivity contribution in [3.8, 4) is 6.07 Å². The number of amides is 1. The first-order valence-electron chi connectivity index (χ1n) is 7.67. The number of halogens is 1. The number of carbonyl (C=O) groups is 1. The molecule has 1 saturated heterocycles. The molecule has 1 atom stereocenters. The largest absolute Gasteiger partial charge is 0.353 e. The molecule has 5 nitrogen and oxygen atoms in total. The van der Waals surface area contributed by atoms with E-state index >= 15 is 0 Å². The van der Waals surface area contributed by atoms with Gasteiger partial charge in [-0.25, -0.2) is 4.98 Å². The van der Waals surface area contributed by atoms with Crippen LogP contribution in [0.15, 0.2) is 12.3 Å². The van der Waals surface area contributed by atoms with Crippen LogP contribution < -0.4 is 4.90 Å². The highest BCUT2D eigenvalue weighted by Gasteiger charge is 2.36. The van der Waals surface area contributed by atoms with Gasteiger partial charge in [-0.05, 0) is 31.7 Å². The molecule has 1 aromatic heterocycles. The summed E-state index contributed by atoms with van der Waals surface area (Å²) in [7, 11) is 1.91. The van der Waals surface area contributed by atoms with Gasteiger partial charge in [-0.1, -0.05) is 11.6 Å². The number of hydrogen-bond donors (Lipinski definition) is 0. The molecule has 1 saturated carbocycles. The lowest BCUT2D eigenvalue weighted by atomic mass is 10.0. The maximum Gasteiger partial charge on any atom is 0.225 e. The standard InChI is InChI=1S/C16H19ClN4O/c1-20(16(22)12-4-5-12)13-3-2-6-21(10-13)15-14(17)7-11(8-18)9-19-15/h7,9,12-13H,2-6,10H2,1H3. The third-order valence-corrected chi connectivity index (χ3v) is 4.75. The molecule has 0 radical (unpaired) electrons. The molecular formula is C16H19ClN4O. The predicted molar refractivity (Wildman–Crippen MR) is 84.7 cm³/mol. The number of hydrogen-bond acceptors (Lipinski definition) is 4. The Labute approximate surface area is 135 Å². The molecule has 1 unspecified atom stereocenters. The number of nitriles is 1. The van der Waals surface area contributed by atoms with Gasteiger partial charge in [-0.2, -0.15) is 5.26 Å². The van der Waals surface area contributed by atoms with Crippen LogP contribution >= 0.6 is 11.6 Å². The molecule has 1 aromatic rings. The predicted octanol–water partition coefficient (Wildman–Crippen LogP) is 2.44. The summed E-state index contributed by atoms with van der Waals surface area (Å²) in [6.45, 7) is 1.62. The van der Waals surface area contributed by atoms with Gasteiger partial charge in [0.15, 0.2) is 0 Å². The molecule has 1 amide bonds. The number of aromatic nitrogens is 1. The van der Waals surface area contributed by atoms with Crippen LogP contribution in [0.4, 0.5) is 5.82 Å². The van der Waals surface area contributed by atoms with Crippen molar-refractivity contribution in [3.05, 3.63) is 22.8 Å². The van der Waals surface area contributed by atoms with E-state index < -0.39 is 0 Å². The third-order valence-electron chi connectivity index (χ3n) is 4.47. The van der Waals surface area contributed by atoms with Crippen LogP contribution in [0, 0.1) is 17.2 Å². The van der Waals surface area contributed by atoms with E-state index in [0.29, 0.717) is 16.4 Å². The average Bonchev–Trinajstić information content (AvgIpc) is 3.38. The summed E-state index contributed by atoms with van der Waals surface area (Å²) in [6, 6.07) is 3.89. The number of rotatable bonds is 3. The van der Waals surface area contributed by atoms with Crippen LogP contribution in [0.25, 0.3) is 0 Å². The molecule has 2 heterocycles. The summed E-state index contributed by atoms with van der Waals surface area (Å²) < 4.78 is 0. The normalized spacial score (nSPS) is 21.3. The Morgan fingerprint density at radius 1 is 1.50 bits per heavy atom. The fraction of sp³-hybridized carbons (Fsp3) is 0.562. The zero-order valence-corrected chi connectivity index (χ0v) is 13.4. The minimum Gasteiger partial charge on any atom is -0.353 e. The molecule has 0 bridgehead atoms. The summed E-state index contributed by atoms with van der Waals surface area (Å²) in [4.78, 5) is 20.6. The molecule has 6 heteroatoms. The Bertz CT molecular complexity index is 623. The van der Waals surface area contributed by atoms with E-state index in [1.807, 2.05) is 18.0 Å². The summed E-state index contributed by atoms with van der Waals surface area (Å²) >= 11 is 6.26. The second-order valence-corrected chi connectivity index (χ2v) is 6.51. The summed E-state index contributed by atoms with van der Waals surface area (Å²) in [5.74, 6) is 1.22. The monoisotopic (exact) mass is 318 g/mol. The molecule has 2 fully saturated rings. The lowest BCUT2D eigenvalue weighted by Gasteiger charge is -2.38. The second-order valence-electron chi connectivity index (χ2n) is 6.11. The summed E-state index contributed by atoms with van der Waals surface area (Å²) in [5, 5.41) is 9.39. The Balaban J connectivity index is 1.72. The van der Waals surface area contributed by atoms with E-state index in [0.717, 1.165) is 38.8 Å². The van der Waals surface area contributed by atoms with E-state index in [2.05, 4.69) is 9.88 Å². The quantitative estimate of drug-likeness (QED) is 0.859. The molecule has 0 N–H and O–H groups in total. The van der Waals surface area contributed by atoms with Crippen molar-refractivity contribution in [1.29, 1.82) is 5.26 Å². The van der Waals surface area contributed by atoms with Crippen LogP contribution in [-0.4, -0.2) is 42.0 Å². The molecular weight excluding hydrogens is 300 g/mol. The minimum absolute atomic E-state index is 0.204. The van der Waals surface area contributed by atoms with Crippen molar-refractivity contribution < 1.29 is 4.79 Å². The Morgan fingerprint density at radius 3 is 2.91 bits per heavy atom. The van der Waals surface area contributed by atoms with Crippen molar-refractivity contribution in [2.24, 2.45) is 5.92 Å². The van der Waals surface area contributed by atoms with Crippen molar-refractivity contribution in [2.75, 3.05) is 25.0 Å². The van der Waals surface area contributed by atoms with Gasteiger partial charge in [0.25, 0.3) is 0 Å². The SMILES string of the molecule is CN(C(=O)C1CC1)C1CCCN(c2ncc(C#N)cc2Cl)C1. The van der Waals surface area contributed by atoms with E-state index in [4.69, 9.17) is 16.9 Å². The van der Waals surface area contributed by atoms with E-state index in [1.165, 1.54) is 0 Å². The molecule has 0 aromatic carbocycles. The second kappa shape index (κ2) is 6.13. The lowest BCUT2D eigenvalue weighted by Crippen LogP contribution is -2.49. The summed E-state index contributed by atoms with van der Waals surface area (Å²) in [6.07, 6.45) is 5.62. The third kappa shape index (κ3) is 3.02. The Kier molecular flexibility index (Phi) is 4.21. The number of carbonyl (C=O) groups excluding carboxylic acids is 1. The Hall–Kier alpha value is -1.80. The fourth-order valence-corrected chi connectivity index (χ4v) is 3.27. The van der Waals surface area contributed by atoms with Crippen LogP contribution in [0.2, 0.25) is 5.02 Å². The molecule has 22 heavy (non-hydrogen) atoms. The highest BCUT2D eigenvalue weighted by molar-refractivity contribution is 6.33. The maximum absolute atomic E-state index is 12.2. The van der Waals surface area contributed by atoms with Gasteiger partial charge in [0.1, 0.15) is 11.9 Å². The molecule has 2 aliphatic rings. The van der Waals surface area contributed by atoms with Gasteiger partial charge in [0.05, 0.1) is 10.6 Å². The highest BCUT2D eigenvalue weighted by Crippen LogP contribution is 2.33. The Morgan fingerprint density at radius 2 is 2.27 bits per heavy atom. The zero-order valence-electron chi connectivity index (χ0n) is 12.6. The molecule has 1 aliphatic carbocycles. The summed E-state index contributed by atoms with van der Waals surface area (Å²) in [5.41, 5.74) is 0.461. The fourth-order valence-electron chi connectivity index (χ4n) is 2.99. The first-order chi connectivity index (χ1) is 10.6. The van der Waals surface area contributed by atoms with Crippen molar-refractivity contribution in [2.45, 2.75) is 31.7 Å². The van der Waals surface area contributed by atoms with Gasteiger partial charge < -0.3 is 9.80 Å².